The number of aromatic nitrogens is 1. The molecule has 3 aliphatic heterocycles. The molecule has 1 N–H and O–H groups in total. The molecule has 2 fully saturated rings. The predicted molar refractivity (Wildman–Crippen MR) is 114 cm³/mol. The number of anilines is 1. The van der Waals surface area contributed by atoms with Crippen LogP contribution < -0.4 is 14.8 Å². The number of pyridine rings is 1. The van der Waals surface area contributed by atoms with E-state index in [1.165, 1.54) is 0 Å². The highest BCUT2D eigenvalue weighted by molar-refractivity contribution is 6.18. The molecule has 164 valence electrons. The van der Waals surface area contributed by atoms with Gasteiger partial charge >= 0.3 is 0 Å². The van der Waals surface area contributed by atoms with Crippen LogP contribution >= 0.6 is 11.6 Å². The van der Waals surface area contributed by atoms with Crippen LogP contribution in [0.25, 0.3) is 0 Å². The second kappa shape index (κ2) is 9.27. The summed E-state index contributed by atoms with van der Waals surface area (Å²) in [5.41, 5.74) is 2.31. The second-order valence-corrected chi connectivity index (χ2v) is 7.57. The van der Waals surface area contributed by atoms with Crippen LogP contribution in [0.3, 0.4) is 0 Å². The third kappa shape index (κ3) is 4.40. The van der Waals surface area contributed by atoms with E-state index in [4.69, 9.17) is 40.4 Å². The molecule has 3 aliphatic rings. The zero-order chi connectivity index (χ0) is 21.0. The molecule has 0 aliphatic carbocycles. The first-order valence-corrected chi connectivity index (χ1v) is 10.8. The number of nitrogens with zero attached hydrogens (tertiary/aromatic N) is 3. The molecular weight excluding hydrogens is 424 g/mol. The van der Waals surface area contributed by atoms with Crippen LogP contribution in [0.4, 0.5) is 11.4 Å². The van der Waals surface area contributed by atoms with Crippen LogP contribution in [0.2, 0.25) is 0 Å². The molecule has 10 heteroatoms. The zero-order valence-corrected chi connectivity index (χ0v) is 17.6. The molecule has 2 saturated heterocycles. The average Bonchev–Trinajstić information content (AvgIpc) is 3.27. The Balaban J connectivity index is 1.60. The number of alkyl halides is 1. The minimum atomic E-state index is -0.507. The summed E-state index contributed by atoms with van der Waals surface area (Å²) >= 11 is 5.82. The first-order valence-electron chi connectivity index (χ1n) is 10.2. The molecule has 31 heavy (non-hydrogen) atoms. The Bertz CT molecular complexity index is 939. The number of fused-ring (bicyclic) bond motifs is 2. The van der Waals surface area contributed by atoms with Gasteiger partial charge in [0, 0.05) is 37.4 Å². The number of amidine groups is 1. The fraction of sp³-hybridized carbons (Fsp3) is 0.429. The molecule has 0 spiro atoms. The lowest BCUT2D eigenvalue weighted by Gasteiger charge is -2.34. The molecule has 1 aromatic carbocycles. The topological polar surface area (TPSA) is 86.7 Å². The molecule has 0 saturated carbocycles. The number of ether oxygens (including phenoxy) is 4. The molecule has 0 radical (unpaired) electrons. The lowest BCUT2D eigenvalue weighted by atomic mass is 10.1. The quantitative estimate of drug-likeness (QED) is 0.676. The van der Waals surface area contributed by atoms with Gasteiger partial charge in [-0.15, -0.1) is 11.6 Å². The predicted octanol–water partition coefficient (Wildman–Crippen LogP) is 3.27. The van der Waals surface area contributed by atoms with E-state index in [-0.39, 0.29) is 12.9 Å². The number of nitrogens with one attached hydrogen (secondary N) is 1. The van der Waals surface area contributed by atoms with E-state index >= 15 is 0 Å². The summed E-state index contributed by atoms with van der Waals surface area (Å²) in [4.78, 5) is 14.6. The Kier molecular flexibility index (Phi) is 6.08. The van der Waals surface area contributed by atoms with Crippen LogP contribution in [0.5, 0.6) is 11.5 Å². The molecule has 1 atom stereocenters. The van der Waals surface area contributed by atoms with E-state index < -0.39 is 6.35 Å². The van der Waals surface area contributed by atoms with Crippen molar-refractivity contribution >= 4 is 28.8 Å². The number of hydrogen-bond donors (Lipinski definition) is 1. The summed E-state index contributed by atoms with van der Waals surface area (Å²) in [6.07, 6.45) is 4.56. The highest BCUT2D eigenvalue weighted by Crippen LogP contribution is 2.40. The van der Waals surface area contributed by atoms with E-state index in [9.17, 15) is 0 Å². The minimum absolute atomic E-state index is 0.0387. The second-order valence-electron chi connectivity index (χ2n) is 7.19. The van der Waals surface area contributed by atoms with Crippen molar-refractivity contribution in [1.82, 2.24) is 10.0 Å². The van der Waals surface area contributed by atoms with Gasteiger partial charge in [0.1, 0.15) is 24.2 Å². The van der Waals surface area contributed by atoms with Crippen molar-refractivity contribution in [2.75, 3.05) is 37.8 Å². The van der Waals surface area contributed by atoms with E-state index in [0.29, 0.717) is 43.0 Å². The Morgan fingerprint density at radius 1 is 1.23 bits per heavy atom. The SMILES string of the molecule is ClCCOc1cc2c(c(OC3CCOCC3)c1)C(=Nc1ccncc1)N1OCOC1N2. The van der Waals surface area contributed by atoms with Gasteiger partial charge in [0.15, 0.2) is 12.6 Å². The fourth-order valence-electron chi connectivity index (χ4n) is 3.69. The number of hydroxylamine groups is 2. The van der Waals surface area contributed by atoms with Crippen molar-refractivity contribution in [3.8, 4) is 11.5 Å². The molecule has 1 unspecified atom stereocenters. The van der Waals surface area contributed by atoms with Crippen molar-refractivity contribution in [3.05, 3.63) is 42.2 Å². The van der Waals surface area contributed by atoms with Gasteiger partial charge in [-0.25, -0.2) is 9.83 Å². The maximum atomic E-state index is 6.44. The van der Waals surface area contributed by atoms with E-state index in [1.807, 2.05) is 24.3 Å². The Hall–Kier alpha value is -2.59. The van der Waals surface area contributed by atoms with Gasteiger partial charge < -0.3 is 24.3 Å². The van der Waals surface area contributed by atoms with Crippen LogP contribution in [0, 0.1) is 0 Å². The van der Waals surface area contributed by atoms with Crippen molar-refractivity contribution in [3.63, 3.8) is 0 Å². The number of aliphatic imine (C=N–C) groups is 1. The maximum absolute atomic E-state index is 6.44. The summed E-state index contributed by atoms with van der Waals surface area (Å²) in [5, 5.41) is 4.96. The van der Waals surface area contributed by atoms with Gasteiger partial charge in [0.2, 0.25) is 6.35 Å². The Morgan fingerprint density at radius 3 is 2.87 bits per heavy atom. The fourth-order valence-corrected chi connectivity index (χ4v) is 3.77. The number of rotatable bonds is 6. The van der Waals surface area contributed by atoms with Crippen molar-refractivity contribution in [1.29, 1.82) is 0 Å². The summed E-state index contributed by atoms with van der Waals surface area (Å²) in [7, 11) is 0. The Labute approximate surface area is 184 Å². The van der Waals surface area contributed by atoms with Crippen molar-refractivity contribution in [2.24, 2.45) is 4.99 Å². The first-order chi connectivity index (χ1) is 15.3. The summed E-state index contributed by atoms with van der Waals surface area (Å²) in [6.45, 7) is 1.87. The Morgan fingerprint density at radius 2 is 2.06 bits per heavy atom. The standard InChI is InChI=1S/C21H23ClN4O5/c22-5-10-28-16-11-17-19(18(12-16)31-15-3-8-27-9-4-15)20(24-14-1-6-23-7-2-14)26-21(25-17)29-13-30-26/h1-2,6-7,11-12,15,21,25H,3-5,8-10,13H2. The molecule has 2 aromatic rings. The van der Waals surface area contributed by atoms with Gasteiger partial charge in [-0.05, 0) is 12.1 Å². The van der Waals surface area contributed by atoms with Gasteiger partial charge in [-0.2, -0.15) is 5.06 Å². The van der Waals surface area contributed by atoms with Gasteiger partial charge in [0.05, 0.1) is 36.0 Å². The highest BCUT2D eigenvalue weighted by Gasteiger charge is 2.39. The molecule has 9 nitrogen and oxygen atoms in total. The van der Waals surface area contributed by atoms with Gasteiger partial charge in [-0.1, -0.05) is 0 Å². The van der Waals surface area contributed by atoms with Crippen LogP contribution in [0.15, 0.2) is 41.7 Å². The molecule has 0 amide bonds. The van der Waals surface area contributed by atoms with Gasteiger partial charge in [-0.3, -0.25) is 4.98 Å². The molecule has 0 bridgehead atoms. The smallest absolute Gasteiger partial charge is 0.235 e. The lowest BCUT2D eigenvalue weighted by Crippen LogP contribution is -2.45. The third-order valence-corrected chi connectivity index (χ3v) is 5.28. The summed E-state index contributed by atoms with van der Waals surface area (Å²) < 4.78 is 23.4. The molecular formula is C21H23ClN4O5. The number of benzene rings is 1. The van der Waals surface area contributed by atoms with Crippen LogP contribution in [-0.4, -0.2) is 60.8 Å². The average molecular weight is 447 g/mol. The summed E-state index contributed by atoms with van der Waals surface area (Å²) in [5.74, 6) is 2.30. The first kappa shape index (κ1) is 20.3. The maximum Gasteiger partial charge on any atom is 0.235 e. The van der Waals surface area contributed by atoms with Crippen LogP contribution in [-0.2, 0) is 14.3 Å². The van der Waals surface area contributed by atoms with E-state index in [2.05, 4.69) is 10.3 Å². The van der Waals surface area contributed by atoms with E-state index in [0.717, 1.165) is 29.8 Å². The largest absolute Gasteiger partial charge is 0.492 e. The number of halogens is 1. The monoisotopic (exact) mass is 446 g/mol. The van der Waals surface area contributed by atoms with Crippen molar-refractivity contribution in [2.45, 2.75) is 25.3 Å². The van der Waals surface area contributed by atoms with Crippen molar-refractivity contribution < 1.29 is 23.8 Å². The lowest BCUT2D eigenvalue weighted by molar-refractivity contribution is -0.0626. The molecule has 4 heterocycles. The van der Waals surface area contributed by atoms with Gasteiger partial charge in [0.25, 0.3) is 0 Å². The third-order valence-electron chi connectivity index (χ3n) is 5.12. The highest BCUT2D eigenvalue weighted by atomic mass is 35.5. The zero-order valence-electron chi connectivity index (χ0n) is 16.8. The number of hydrogen-bond acceptors (Lipinski definition) is 8. The normalized spacial score (nSPS) is 22.0. The van der Waals surface area contributed by atoms with E-state index in [1.54, 1.807) is 17.5 Å². The summed E-state index contributed by atoms with van der Waals surface area (Å²) in [6, 6.07) is 7.44. The minimum Gasteiger partial charge on any atom is -0.492 e. The van der Waals surface area contributed by atoms with Crippen LogP contribution in [0.1, 0.15) is 18.4 Å². The molecule has 5 rings (SSSR count). The molecule has 1 aromatic heterocycles.